The number of nitrogens with two attached hydrogens (primary N) is 1. The van der Waals surface area contributed by atoms with Crippen LogP contribution in [0, 0.1) is 0 Å². The van der Waals surface area contributed by atoms with Crippen LogP contribution in [0.1, 0.15) is 38.2 Å². The molecule has 1 aromatic rings. The highest BCUT2D eigenvalue weighted by Gasteiger charge is 2.00. The van der Waals surface area contributed by atoms with E-state index in [1.54, 1.807) is 11.8 Å². The van der Waals surface area contributed by atoms with Gasteiger partial charge in [0.25, 0.3) is 0 Å². The third-order valence-electron chi connectivity index (χ3n) is 2.38. The van der Waals surface area contributed by atoms with E-state index in [0.717, 1.165) is 12.2 Å². The zero-order chi connectivity index (χ0) is 12.0. The van der Waals surface area contributed by atoms with Crippen molar-refractivity contribution in [2.24, 2.45) is 5.73 Å². The zero-order valence-corrected chi connectivity index (χ0v) is 10.7. The zero-order valence-electron chi connectivity index (χ0n) is 9.90. The van der Waals surface area contributed by atoms with Crippen LogP contribution in [-0.2, 0) is 4.79 Å². The highest BCUT2D eigenvalue weighted by atomic mass is 32.2. The maximum Gasteiger partial charge on any atom is 0.217 e. The molecular weight excluding hydrogens is 218 g/mol. The molecule has 2 nitrogen and oxygen atoms in total. The molecule has 0 aliphatic rings. The molecule has 0 aliphatic carbocycles. The summed E-state index contributed by atoms with van der Waals surface area (Å²) in [4.78, 5) is 11.8. The number of primary amides is 1. The third kappa shape index (κ3) is 4.71. The van der Waals surface area contributed by atoms with Crippen LogP contribution in [0.25, 0.3) is 0 Å². The molecule has 0 atom stereocenters. The van der Waals surface area contributed by atoms with E-state index in [1.807, 2.05) is 0 Å². The average molecular weight is 237 g/mol. The summed E-state index contributed by atoms with van der Waals surface area (Å²) in [6.45, 7) is 4.38. The van der Waals surface area contributed by atoms with Gasteiger partial charge in [0.1, 0.15) is 0 Å². The fourth-order valence-corrected chi connectivity index (χ4v) is 2.24. The van der Waals surface area contributed by atoms with Gasteiger partial charge < -0.3 is 5.73 Å². The van der Waals surface area contributed by atoms with E-state index in [2.05, 4.69) is 38.1 Å². The summed E-state index contributed by atoms with van der Waals surface area (Å²) in [5.74, 6) is 1.31. The van der Waals surface area contributed by atoms with Gasteiger partial charge in [-0.15, -0.1) is 11.8 Å². The Bertz CT molecular complexity index is 332. The average Bonchev–Trinajstić information content (AvgIpc) is 2.25. The maximum absolute atomic E-state index is 10.5. The molecule has 1 amide bonds. The Morgan fingerprint density at radius 1 is 1.31 bits per heavy atom. The van der Waals surface area contributed by atoms with Crippen molar-refractivity contribution in [3.05, 3.63) is 29.8 Å². The SMILES string of the molecule is CC(C)c1ccc(SCCCC(N)=O)cc1. The molecule has 0 aromatic heterocycles. The lowest BCUT2D eigenvalue weighted by molar-refractivity contribution is -0.118. The lowest BCUT2D eigenvalue weighted by Crippen LogP contribution is -2.09. The Hall–Kier alpha value is -0.960. The fraction of sp³-hybridized carbons (Fsp3) is 0.462. The standard InChI is InChI=1S/C13H19NOS/c1-10(2)11-5-7-12(8-6-11)16-9-3-4-13(14)15/h5-8,10H,3-4,9H2,1-2H3,(H2,14,15). The Balaban J connectivity index is 2.35. The number of carbonyl (C=O) groups excluding carboxylic acids is 1. The molecule has 0 radical (unpaired) electrons. The predicted octanol–water partition coefficient (Wildman–Crippen LogP) is 3.17. The number of amides is 1. The van der Waals surface area contributed by atoms with Crippen LogP contribution >= 0.6 is 11.8 Å². The number of rotatable bonds is 6. The summed E-state index contributed by atoms with van der Waals surface area (Å²) in [5.41, 5.74) is 6.44. The monoisotopic (exact) mass is 237 g/mol. The quantitative estimate of drug-likeness (QED) is 0.610. The summed E-state index contributed by atoms with van der Waals surface area (Å²) in [6.07, 6.45) is 1.34. The third-order valence-corrected chi connectivity index (χ3v) is 3.48. The van der Waals surface area contributed by atoms with Crippen LogP contribution in [0.2, 0.25) is 0 Å². The van der Waals surface area contributed by atoms with Gasteiger partial charge in [-0.05, 0) is 35.8 Å². The lowest BCUT2D eigenvalue weighted by atomic mass is 10.0. The molecule has 0 fully saturated rings. The van der Waals surface area contributed by atoms with Crippen LogP contribution in [0.4, 0.5) is 0 Å². The van der Waals surface area contributed by atoms with Crippen LogP contribution < -0.4 is 5.73 Å². The molecule has 0 aliphatic heterocycles. The van der Waals surface area contributed by atoms with Gasteiger partial charge >= 0.3 is 0 Å². The topological polar surface area (TPSA) is 43.1 Å². The van der Waals surface area contributed by atoms with Crippen molar-refractivity contribution in [2.75, 3.05) is 5.75 Å². The Kier molecular flexibility index (Phi) is 5.39. The maximum atomic E-state index is 10.5. The molecule has 2 N–H and O–H groups in total. The van der Waals surface area contributed by atoms with Gasteiger partial charge in [-0.25, -0.2) is 0 Å². The first-order valence-corrected chi connectivity index (χ1v) is 6.59. The summed E-state index contributed by atoms with van der Waals surface area (Å²) < 4.78 is 0. The smallest absolute Gasteiger partial charge is 0.217 e. The van der Waals surface area contributed by atoms with E-state index >= 15 is 0 Å². The largest absolute Gasteiger partial charge is 0.370 e. The highest BCUT2D eigenvalue weighted by Crippen LogP contribution is 2.22. The van der Waals surface area contributed by atoms with Crippen LogP contribution in [0.3, 0.4) is 0 Å². The molecule has 3 heteroatoms. The highest BCUT2D eigenvalue weighted by molar-refractivity contribution is 7.99. The fourth-order valence-electron chi connectivity index (χ4n) is 1.39. The van der Waals surface area contributed by atoms with Crippen LogP contribution in [-0.4, -0.2) is 11.7 Å². The number of thioether (sulfide) groups is 1. The van der Waals surface area contributed by atoms with Gasteiger partial charge in [-0.2, -0.15) is 0 Å². The Morgan fingerprint density at radius 2 is 1.94 bits per heavy atom. The minimum absolute atomic E-state index is 0.212. The molecular formula is C13H19NOS. The minimum atomic E-state index is -0.212. The van der Waals surface area contributed by atoms with Crippen molar-refractivity contribution in [1.82, 2.24) is 0 Å². The summed E-state index contributed by atoms with van der Waals surface area (Å²) in [5, 5.41) is 0. The van der Waals surface area contributed by atoms with E-state index in [1.165, 1.54) is 10.5 Å². The van der Waals surface area contributed by atoms with Crippen molar-refractivity contribution in [1.29, 1.82) is 0 Å². The Morgan fingerprint density at radius 3 is 2.44 bits per heavy atom. The number of carbonyl (C=O) groups is 1. The van der Waals surface area contributed by atoms with Gasteiger partial charge in [-0.3, -0.25) is 4.79 Å². The molecule has 1 rings (SSSR count). The van der Waals surface area contributed by atoms with Gasteiger partial charge in [0.2, 0.25) is 5.91 Å². The van der Waals surface area contributed by atoms with Gasteiger partial charge in [0, 0.05) is 11.3 Å². The van der Waals surface area contributed by atoms with Crippen LogP contribution in [0.15, 0.2) is 29.2 Å². The van der Waals surface area contributed by atoms with Crippen molar-refractivity contribution >= 4 is 17.7 Å². The molecule has 88 valence electrons. The molecule has 0 saturated heterocycles. The van der Waals surface area contributed by atoms with E-state index in [9.17, 15) is 4.79 Å². The first-order chi connectivity index (χ1) is 7.59. The van der Waals surface area contributed by atoms with E-state index in [-0.39, 0.29) is 5.91 Å². The van der Waals surface area contributed by atoms with E-state index in [0.29, 0.717) is 12.3 Å². The normalized spacial score (nSPS) is 10.7. The molecule has 0 bridgehead atoms. The first-order valence-electron chi connectivity index (χ1n) is 5.60. The van der Waals surface area contributed by atoms with E-state index in [4.69, 9.17) is 5.73 Å². The second-order valence-electron chi connectivity index (χ2n) is 4.14. The summed E-state index contributed by atoms with van der Waals surface area (Å²) in [7, 11) is 0. The number of benzene rings is 1. The molecule has 0 spiro atoms. The van der Waals surface area contributed by atoms with Gasteiger partial charge in [0.15, 0.2) is 0 Å². The first kappa shape index (κ1) is 13.1. The van der Waals surface area contributed by atoms with Gasteiger partial charge in [-0.1, -0.05) is 26.0 Å². The second kappa shape index (κ2) is 6.59. The van der Waals surface area contributed by atoms with Crippen molar-refractivity contribution in [2.45, 2.75) is 37.5 Å². The molecule has 0 saturated carbocycles. The van der Waals surface area contributed by atoms with Crippen molar-refractivity contribution < 1.29 is 4.79 Å². The summed E-state index contributed by atoms with van der Waals surface area (Å²) in [6, 6.07) is 8.62. The number of hydrogen-bond acceptors (Lipinski definition) is 2. The number of hydrogen-bond donors (Lipinski definition) is 1. The lowest BCUT2D eigenvalue weighted by Gasteiger charge is -2.06. The molecule has 1 aromatic carbocycles. The second-order valence-corrected chi connectivity index (χ2v) is 5.31. The summed E-state index contributed by atoms with van der Waals surface area (Å²) >= 11 is 1.78. The van der Waals surface area contributed by atoms with Gasteiger partial charge in [0.05, 0.1) is 0 Å². The van der Waals surface area contributed by atoms with Crippen molar-refractivity contribution in [3.63, 3.8) is 0 Å². The van der Waals surface area contributed by atoms with E-state index < -0.39 is 0 Å². The van der Waals surface area contributed by atoms with Crippen LogP contribution in [0.5, 0.6) is 0 Å². The molecule has 0 heterocycles. The van der Waals surface area contributed by atoms with Crippen molar-refractivity contribution in [3.8, 4) is 0 Å². The molecule has 16 heavy (non-hydrogen) atoms. The molecule has 0 unspecified atom stereocenters. The Labute approximate surface area is 102 Å². The minimum Gasteiger partial charge on any atom is -0.370 e. The predicted molar refractivity (Wildman–Crippen MR) is 69.7 cm³/mol.